The van der Waals surface area contributed by atoms with Crippen LogP contribution < -0.4 is 16.4 Å². The van der Waals surface area contributed by atoms with Gasteiger partial charge >= 0.3 is 0 Å². The summed E-state index contributed by atoms with van der Waals surface area (Å²) in [7, 11) is 1.68. The lowest BCUT2D eigenvalue weighted by molar-refractivity contribution is -0.121. The maximum atomic E-state index is 13.0. The van der Waals surface area contributed by atoms with Crippen molar-refractivity contribution in [1.29, 1.82) is 0 Å². The fourth-order valence-corrected chi connectivity index (χ4v) is 3.42. The average Bonchev–Trinajstić information content (AvgIpc) is 2.96. The quantitative estimate of drug-likeness (QED) is 0.261. The Kier molecular flexibility index (Phi) is 9.76. The van der Waals surface area contributed by atoms with Crippen LogP contribution in [0, 0.1) is 11.7 Å². The number of hydrogen-bond donors (Lipinski definition) is 3. The molecule has 0 spiro atoms. The van der Waals surface area contributed by atoms with Crippen molar-refractivity contribution >= 4 is 11.9 Å². The second-order valence-corrected chi connectivity index (χ2v) is 7.29. The fraction of sp³-hybridized carbons (Fsp3) is 0.619. The molecule has 1 aromatic carbocycles. The summed E-state index contributed by atoms with van der Waals surface area (Å²) in [5, 5.41) is 6.34. The normalized spacial score (nSPS) is 17.0. The van der Waals surface area contributed by atoms with Crippen LogP contribution in [0.3, 0.4) is 0 Å². The second kappa shape index (κ2) is 12.3. The highest BCUT2D eigenvalue weighted by atomic mass is 19.1. The van der Waals surface area contributed by atoms with E-state index in [-0.39, 0.29) is 5.82 Å². The van der Waals surface area contributed by atoms with Gasteiger partial charge in [-0.3, -0.25) is 9.79 Å². The molecule has 0 aliphatic heterocycles. The number of nitrogens with one attached hydrogen (secondary N) is 2. The third-order valence-electron chi connectivity index (χ3n) is 5.09. The van der Waals surface area contributed by atoms with Crippen molar-refractivity contribution < 1.29 is 13.9 Å². The van der Waals surface area contributed by atoms with Crippen LogP contribution in [-0.4, -0.2) is 44.7 Å². The lowest BCUT2D eigenvalue weighted by atomic mass is 9.98. The minimum absolute atomic E-state index is 0.298. The first-order chi connectivity index (χ1) is 13.6. The summed E-state index contributed by atoms with van der Waals surface area (Å²) in [6.07, 6.45) is 8.25. The number of guanidine groups is 1. The van der Waals surface area contributed by atoms with Crippen LogP contribution in [0.5, 0.6) is 0 Å². The van der Waals surface area contributed by atoms with Gasteiger partial charge in [0.05, 0.1) is 18.6 Å². The van der Waals surface area contributed by atoms with Gasteiger partial charge < -0.3 is 21.1 Å². The largest absolute Gasteiger partial charge is 0.376 e. The highest BCUT2D eigenvalue weighted by Crippen LogP contribution is 2.19. The summed E-state index contributed by atoms with van der Waals surface area (Å²) in [5.41, 5.74) is 6.39. The summed E-state index contributed by atoms with van der Waals surface area (Å²) >= 11 is 0. The van der Waals surface area contributed by atoms with E-state index in [1.165, 1.54) is 37.8 Å². The van der Waals surface area contributed by atoms with E-state index in [1.807, 2.05) is 0 Å². The first kappa shape index (κ1) is 22.1. The van der Waals surface area contributed by atoms with Crippen LogP contribution in [0.1, 0.15) is 44.1 Å². The zero-order valence-corrected chi connectivity index (χ0v) is 16.8. The van der Waals surface area contributed by atoms with Gasteiger partial charge in [0, 0.05) is 20.1 Å². The molecule has 1 aromatic rings. The highest BCUT2D eigenvalue weighted by Gasteiger charge is 2.17. The summed E-state index contributed by atoms with van der Waals surface area (Å²) in [5.74, 6) is -0.502. The molecule has 0 bridgehead atoms. The van der Waals surface area contributed by atoms with Gasteiger partial charge in [0.25, 0.3) is 0 Å². The Morgan fingerprint density at radius 2 is 1.89 bits per heavy atom. The second-order valence-electron chi connectivity index (χ2n) is 7.29. The molecular formula is C21H33FN4O2. The van der Waals surface area contributed by atoms with Crippen LogP contribution in [0.2, 0.25) is 0 Å². The van der Waals surface area contributed by atoms with E-state index in [9.17, 15) is 9.18 Å². The zero-order chi connectivity index (χ0) is 20.2. The third-order valence-corrected chi connectivity index (χ3v) is 5.09. The number of halogens is 1. The maximum Gasteiger partial charge on any atom is 0.222 e. The van der Waals surface area contributed by atoms with E-state index in [0.29, 0.717) is 38.2 Å². The Morgan fingerprint density at radius 3 is 2.50 bits per heavy atom. The van der Waals surface area contributed by atoms with Crippen molar-refractivity contribution in [3.63, 3.8) is 0 Å². The van der Waals surface area contributed by atoms with Crippen molar-refractivity contribution in [1.82, 2.24) is 10.6 Å². The number of nitrogens with two attached hydrogens (primary N) is 1. The minimum Gasteiger partial charge on any atom is -0.376 e. The lowest BCUT2D eigenvalue weighted by Crippen LogP contribution is -2.44. The van der Waals surface area contributed by atoms with Gasteiger partial charge in [0.15, 0.2) is 5.96 Å². The van der Waals surface area contributed by atoms with Crippen molar-refractivity contribution in [2.45, 2.75) is 51.0 Å². The maximum absolute atomic E-state index is 13.0. The molecule has 1 fully saturated rings. The lowest BCUT2D eigenvalue weighted by Gasteiger charge is -2.18. The van der Waals surface area contributed by atoms with Crippen LogP contribution in [0.4, 0.5) is 4.39 Å². The van der Waals surface area contributed by atoms with Crippen molar-refractivity contribution in [3.05, 3.63) is 35.6 Å². The Morgan fingerprint density at radius 1 is 1.21 bits per heavy atom. The molecule has 7 heteroatoms. The number of nitrogens with zero attached hydrogens (tertiary/aromatic N) is 1. The molecule has 28 heavy (non-hydrogen) atoms. The minimum atomic E-state index is -0.411. The van der Waals surface area contributed by atoms with E-state index in [0.717, 1.165) is 18.4 Å². The van der Waals surface area contributed by atoms with Gasteiger partial charge in [-0.2, -0.15) is 0 Å². The number of rotatable bonds is 9. The third kappa shape index (κ3) is 8.25. The molecule has 0 radical (unpaired) electrons. The van der Waals surface area contributed by atoms with Gasteiger partial charge in [-0.05, 0) is 37.0 Å². The first-order valence-electron chi connectivity index (χ1n) is 10.2. The highest BCUT2D eigenvalue weighted by molar-refractivity contribution is 5.81. The number of ether oxygens (including phenoxy) is 1. The molecule has 1 unspecified atom stereocenters. The van der Waals surface area contributed by atoms with E-state index >= 15 is 0 Å². The SMILES string of the molecule is CN=C(NCCOC1CCCCCC1)NCC(Cc1ccc(F)cc1)C(N)=O. The molecule has 0 heterocycles. The summed E-state index contributed by atoms with van der Waals surface area (Å²) in [6, 6.07) is 6.11. The summed E-state index contributed by atoms with van der Waals surface area (Å²) in [6.45, 7) is 1.63. The molecule has 1 aliphatic rings. The number of hydrogen-bond acceptors (Lipinski definition) is 3. The summed E-state index contributed by atoms with van der Waals surface area (Å²) < 4.78 is 19.0. The number of carbonyl (C=O) groups excluding carboxylic acids is 1. The van der Waals surface area contributed by atoms with Crippen LogP contribution >= 0.6 is 0 Å². The number of primary amides is 1. The molecule has 6 nitrogen and oxygen atoms in total. The predicted molar refractivity (Wildman–Crippen MR) is 110 cm³/mol. The first-order valence-corrected chi connectivity index (χ1v) is 10.2. The zero-order valence-electron chi connectivity index (χ0n) is 16.8. The molecule has 1 aliphatic carbocycles. The number of aliphatic imine (C=N–C) groups is 1. The average molecular weight is 393 g/mol. The van der Waals surface area contributed by atoms with Crippen LogP contribution in [0.15, 0.2) is 29.3 Å². The van der Waals surface area contributed by atoms with Crippen LogP contribution in [0.25, 0.3) is 0 Å². The Balaban J connectivity index is 1.71. The van der Waals surface area contributed by atoms with Crippen molar-refractivity contribution in [2.24, 2.45) is 16.6 Å². The standard InChI is InChI=1S/C21H33FN4O2/c1-24-21(25-12-13-28-19-6-4-2-3-5-7-19)26-15-17(20(23)27)14-16-8-10-18(22)11-9-16/h8-11,17,19H,2-7,12-15H2,1H3,(H2,23,27)(H2,24,25,26). The van der Waals surface area contributed by atoms with Gasteiger partial charge in [-0.25, -0.2) is 4.39 Å². The number of benzene rings is 1. The van der Waals surface area contributed by atoms with Gasteiger partial charge in [-0.15, -0.1) is 0 Å². The fourth-order valence-electron chi connectivity index (χ4n) is 3.42. The molecule has 1 amide bonds. The topological polar surface area (TPSA) is 88.7 Å². The molecular weight excluding hydrogens is 359 g/mol. The van der Waals surface area contributed by atoms with Crippen LogP contribution in [-0.2, 0) is 16.0 Å². The Bertz CT molecular complexity index is 613. The molecule has 156 valence electrons. The summed E-state index contributed by atoms with van der Waals surface area (Å²) in [4.78, 5) is 15.9. The smallest absolute Gasteiger partial charge is 0.222 e. The van der Waals surface area contributed by atoms with Crippen molar-refractivity contribution in [3.8, 4) is 0 Å². The van der Waals surface area contributed by atoms with Gasteiger partial charge in [-0.1, -0.05) is 37.8 Å². The Labute approximate surface area is 167 Å². The van der Waals surface area contributed by atoms with E-state index in [4.69, 9.17) is 10.5 Å². The van der Waals surface area contributed by atoms with Gasteiger partial charge in [0.2, 0.25) is 5.91 Å². The molecule has 4 N–H and O–H groups in total. The number of carbonyl (C=O) groups is 1. The predicted octanol–water partition coefficient (Wildman–Crippen LogP) is 2.37. The van der Waals surface area contributed by atoms with E-state index in [1.54, 1.807) is 19.2 Å². The van der Waals surface area contributed by atoms with E-state index in [2.05, 4.69) is 15.6 Å². The molecule has 0 saturated heterocycles. The van der Waals surface area contributed by atoms with Gasteiger partial charge in [0.1, 0.15) is 5.82 Å². The number of amides is 1. The molecule has 1 atom stereocenters. The van der Waals surface area contributed by atoms with Crippen molar-refractivity contribution in [2.75, 3.05) is 26.7 Å². The monoisotopic (exact) mass is 392 g/mol. The Hall–Kier alpha value is -2.15. The van der Waals surface area contributed by atoms with E-state index < -0.39 is 11.8 Å². The molecule has 2 rings (SSSR count). The molecule has 0 aromatic heterocycles. The molecule has 1 saturated carbocycles.